The van der Waals surface area contributed by atoms with Crippen LogP contribution in [0.15, 0.2) is 70.4 Å². The predicted octanol–water partition coefficient (Wildman–Crippen LogP) is 5.08. The second-order valence-corrected chi connectivity index (χ2v) is 8.86. The highest BCUT2D eigenvalue weighted by atomic mass is 32.1. The van der Waals surface area contributed by atoms with Crippen LogP contribution >= 0.6 is 11.3 Å². The van der Waals surface area contributed by atoms with Crippen LogP contribution in [0.3, 0.4) is 0 Å². The highest BCUT2D eigenvalue weighted by molar-refractivity contribution is 7.17. The summed E-state index contributed by atoms with van der Waals surface area (Å²) in [6.45, 7) is 7.16. The summed E-state index contributed by atoms with van der Waals surface area (Å²) in [5.41, 5.74) is 1.48. The molecule has 7 nitrogen and oxygen atoms in total. The van der Waals surface area contributed by atoms with Gasteiger partial charge in [-0.25, -0.2) is 4.98 Å². The molecule has 0 radical (unpaired) electrons. The van der Waals surface area contributed by atoms with E-state index in [2.05, 4.69) is 11.6 Å². The number of benzene rings is 2. The van der Waals surface area contributed by atoms with E-state index in [1.54, 1.807) is 55.5 Å². The van der Waals surface area contributed by atoms with Crippen molar-refractivity contribution >= 4 is 39.1 Å². The molecule has 1 aliphatic rings. The average molecular weight is 473 g/mol. The maximum atomic E-state index is 13.7. The van der Waals surface area contributed by atoms with E-state index in [1.165, 1.54) is 11.8 Å². The molecule has 8 heteroatoms. The van der Waals surface area contributed by atoms with Crippen molar-refractivity contribution in [3.05, 3.63) is 98.9 Å². The summed E-state index contributed by atoms with van der Waals surface area (Å²) in [6, 6.07) is 13.2. The molecule has 4 aromatic rings. The minimum absolute atomic E-state index is 0.0247. The Morgan fingerprint density at radius 2 is 2.03 bits per heavy atom. The number of ether oxygens (including phenoxy) is 1. The number of amides is 1. The predicted molar refractivity (Wildman–Crippen MR) is 130 cm³/mol. The van der Waals surface area contributed by atoms with E-state index in [4.69, 9.17) is 9.15 Å². The third kappa shape index (κ3) is 3.43. The number of hydrogen-bond donors (Lipinski definition) is 0. The SMILES string of the molecule is C=CCOc1cccc(C2c3c(oc4ccccc4c3=O)C(=O)N2c2nc(C)c(C(C)=O)s2)c1. The van der Waals surface area contributed by atoms with Crippen molar-refractivity contribution in [3.63, 3.8) is 0 Å². The van der Waals surface area contributed by atoms with Crippen LogP contribution in [0, 0.1) is 6.92 Å². The standard InChI is InChI=1S/C26H20N2O5S/c1-4-12-32-17-9-7-8-16(13-17)21-20-22(30)18-10-5-6-11-19(18)33-23(20)25(31)28(21)26-27-14(2)24(34-26)15(3)29/h4-11,13,21H,1,12H2,2-3H3. The van der Waals surface area contributed by atoms with Crippen LogP contribution in [-0.2, 0) is 0 Å². The Hall–Kier alpha value is -4.04. The summed E-state index contributed by atoms with van der Waals surface area (Å²) in [6.07, 6.45) is 1.63. The number of carbonyl (C=O) groups is 2. The molecule has 1 atom stereocenters. The Morgan fingerprint density at radius 3 is 2.76 bits per heavy atom. The van der Waals surface area contributed by atoms with Gasteiger partial charge in [0.15, 0.2) is 16.3 Å². The lowest BCUT2D eigenvalue weighted by molar-refractivity contribution is 0.0969. The summed E-state index contributed by atoms with van der Waals surface area (Å²) in [4.78, 5) is 45.7. The van der Waals surface area contributed by atoms with Crippen LogP contribution in [0.2, 0.25) is 0 Å². The van der Waals surface area contributed by atoms with Crippen LogP contribution in [0.25, 0.3) is 11.0 Å². The first-order valence-electron chi connectivity index (χ1n) is 10.6. The molecule has 0 bridgehead atoms. The van der Waals surface area contributed by atoms with E-state index in [0.29, 0.717) is 44.6 Å². The van der Waals surface area contributed by atoms with Crippen LogP contribution in [0.1, 0.15) is 50.0 Å². The Balaban J connectivity index is 1.76. The van der Waals surface area contributed by atoms with Gasteiger partial charge in [-0.3, -0.25) is 19.3 Å². The van der Waals surface area contributed by atoms with E-state index in [1.807, 2.05) is 6.07 Å². The molecular weight excluding hydrogens is 452 g/mol. The van der Waals surface area contributed by atoms with Crippen LogP contribution in [0.4, 0.5) is 5.13 Å². The molecule has 0 saturated carbocycles. The molecule has 3 heterocycles. The van der Waals surface area contributed by atoms with E-state index in [9.17, 15) is 14.4 Å². The number of Topliss-reactive ketones (excluding diaryl/α,β-unsaturated/α-hetero) is 1. The van der Waals surface area contributed by atoms with Crippen molar-refractivity contribution in [2.75, 3.05) is 11.5 Å². The van der Waals surface area contributed by atoms with Gasteiger partial charge in [0.1, 0.15) is 17.9 Å². The molecule has 0 aliphatic carbocycles. The average Bonchev–Trinajstić information content (AvgIpc) is 3.35. The molecule has 0 spiro atoms. The number of nitrogens with zero attached hydrogens (tertiary/aromatic N) is 2. The van der Waals surface area contributed by atoms with Gasteiger partial charge in [0, 0.05) is 6.92 Å². The number of thiazole rings is 1. The van der Waals surface area contributed by atoms with E-state index >= 15 is 0 Å². The molecule has 34 heavy (non-hydrogen) atoms. The molecule has 5 rings (SSSR count). The third-order valence-corrected chi connectivity index (χ3v) is 6.89. The first-order valence-corrected chi connectivity index (χ1v) is 11.4. The number of hydrogen-bond acceptors (Lipinski definition) is 7. The summed E-state index contributed by atoms with van der Waals surface area (Å²) in [5.74, 6) is -0.0719. The Labute approximate surface area is 198 Å². The molecule has 0 saturated heterocycles. The first-order chi connectivity index (χ1) is 16.4. The third-order valence-electron chi connectivity index (χ3n) is 5.63. The molecule has 170 valence electrons. The number of carbonyl (C=O) groups excluding carboxylic acids is 2. The number of rotatable bonds is 6. The summed E-state index contributed by atoms with van der Waals surface area (Å²) in [7, 11) is 0. The van der Waals surface area contributed by atoms with Crippen LogP contribution < -0.4 is 15.1 Å². The second kappa shape index (κ2) is 8.39. The van der Waals surface area contributed by atoms with Gasteiger partial charge in [-0.15, -0.1) is 0 Å². The number of anilines is 1. The summed E-state index contributed by atoms with van der Waals surface area (Å²) < 4.78 is 11.6. The lowest BCUT2D eigenvalue weighted by Gasteiger charge is -2.23. The molecule has 2 aromatic heterocycles. The van der Waals surface area contributed by atoms with Crippen molar-refractivity contribution in [1.82, 2.24) is 4.98 Å². The van der Waals surface area contributed by atoms with E-state index < -0.39 is 11.9 Å². The molecule has 1 amide bonds. The van der Waals surface area contributed by atoms with E-state index in [-0.39, 0.29) is 22.5 Å². The van der Waals surface area contributed by atoms with Crippen molar-refractivity contribution in [2.45, 2.75) is 19.9 Å². The van der Waals surface area contributed by atoms with Gasteiger partial charge in [-0.2, -0.15) is 0 Å². The van der Waals surface area contributed by atoms with Gasteiger partial charge in [0.25, 0.3) is 5.91 Å². The highest BCUT2D eigenvalue weighted by Crippen LogP contribution is 2.43. The van der Waals surface area contributed by atoms with Crippen molar-refractivity contribution < 1.29 is 18.7 Å². The van der Waals surface area contributed by atoms with Gasteiger partial charge in [-0.05, 0) is 36.8 Å². The van der Waals surface area contributed by atoms with Gasteiger partial charge in [0.2, 0.25) is 5.76 Å². The number of ketones is 1. The number of para-hydroxylation sites is 1. The second-order valence-electron chi connectivity index (χ2n) is 7.89. The zero-order valence-electron chi connectivity index (χ0n) is 18.5. The molecular formula is C26H20N2O5S. The monoisotopic (exact) mass is 472 g/mol. The maximum Gasteiger partial charge on any atom is 0.297 e. The quantitative estimate of drug-likeness (QED) is 0.287. The normalized spacial score (nSPS) is 14.9. The number of aromatic nitrogens is 1. The van der Waals surface area contributed by atoms with Crippen molar-refractivity contribution in [3.8, 4) is 5.75 Å². The largest absolute Gasteiger partial charge is 0.490 e. The number of aryl methyl sites for hydroxylation is 1. The fourth-order valence-corrected chi connectivity index (χ4v) is 5.16. The van der Waals surface area contributed by atoms with Crippen molar-refractivity contribution in [2.24, 2.45) is 0 Å². The minimum atomic E-state index is -0.791. The van der Waals surface area contributed by atoms with Gasteiger partial charge in [0.05, 0.1) is 27.6 Å². The molecule has 1 aliphatic heterocycles. The molecule has 2 aromatic carbocycles. The maximum absolute atomic E-state index is 13.7. The Morgan fingerprint density at radius 1 is 1.24 bits per heavy atom. The fourth-order valence-electron chi connectivity index (χ4n) is 4.17. The lowest BCUT2D eigenvalue weighted by Crippen LogP contribution is -2.29. The number of fused-ring (bicyclic) bond motifs is 2. The Bertz CT molecular complexity index is 1530. The van der Waals surface area contributed by atoms with Crippen LogP contribution in [-0.4, -0.2) is 23.3 Å². The highest BCUT2D eigenvalue weighted by Gasteiger charge is 2.45. The first kappa shape index (κ1) is 21.8. The topological polar surface area (TPSA) is 89.7 Å². The van der Waals surface area contributed by atoms with Crippen molar-refractivity contribution in [1.29, 1.82) is 0 Å². The molecule has 0 N–H and O–H groups in total. The van der Waals surface area contributed by atoms with Crippen LogP contribution in [0.5, 0.6) is 5.75 Å². The Kier molecular flexibility index (Phi) is 5.37. The fraction of sp³-hybridized carbons (Fsp3) is 0.154. The zero-order valence-corrected chi connectivity index (χ0v) is 19.3. The van der Waals surface area contributed by atoms with Gasteiger partial charge in [-0.1, -0.05) is 48.3 Å². The lowest BCUT2D eigenvalue weighted by atomic mass is 9.98. The summed E-state index contributed by atoms with van der Waals surface area (Å²) >= 11 is 1.12. The summed E-state index contributed by atoms with van der Waals surface area (Å²) in [5, 5.41) is 0.713. The minimum Gasteiger partial charge on any atom is -0.490 e. The smallest absolute Gasteiger partial charge is 0.297 e. The molecule has 1 unspecified atom stereocenters. The van der Waals surface area contributed by atoms with E-state index in [0.717, 1.165) is 11.3 Å². The van der Waals surface area contributed by atoms with Gasteiger partial charge >= 0.3 is 0 Å². The molecule has 0 fully saturated rings. The zero-order chi connectivity index (χ0) is 24.0. The van der Waals surface area contributed by atoms with Gasteiger partial charge < -0.3 is 9.15 Å².